The Morgan fingerprint density at radius 2 is 2.26 bits per heavy atom. The highest BCUT2D eigenvalue weighted by Crippen LogP contribution is 2.29. The Labute approximate surface area is 113 Å². The maximum atomic E-state index is 11.9. The van der Waals surface area contributed by atoms with Crippen LogP contribution in [0.4, 0.5) is 0 Å². The van der Waals surface area contributed by atoms with Gasteiger partial charge in [0.05, 0.1) is 12.7 Å². The van der Waals surface area contributed by atoms with E-state index in [9.17, 15) is 9.90 Å². The van der Waals surface area contributed by atoms with Crippen LogP contribution in [0.15, 0.2) is 18.2 Å². The normalized spacial score (nSPS) is 11.9. The number of carbonyl (C=O) groups is 1. The number of methoxy groups -OCH3 is 1. The Bertz CT molecular complexity index is 421. The molecule has 0 saturated carbocycles. The zero-order valence-corrected chi connectivity index (χ0v) is 11.5. The standard InChI is InChI=1S/C14H22N2O3/c1-10(9-15)5-4-8-16-14(18)11-6-3-7-12(19-2)13(11)17/h3,6-7,10,17H,4-5,8-9,15H2,1-2H3,(H,16,18). The van der Waals surface area contributed by atoms with Gasteiger partial charge in [-0.25, -0.2) is 0 Å². The van der Waals surface area contributed by atoms with Crippen LogP contribution in [0.1, 0.15) is 30.1 Å². The molecular formula is C14H22N2O3. The average molecular weight is 266 g/mol. The molecule has 1 atom stereocenters. The van der Waals surface area contributed by atoms with Crippen LogP contribution in [0.5, 0.6) is 11.5 Å². The average Bonchev–Trinajstić information content (AvgIpc) is 2.43. The maximum absolute atomic E-state index is 11.9. The molecule has 0 aromatic heterocycles. The van der Waals surface area contributed by atoms with E-state index < -0.39 is 0 Å². The smallest absolute Gasteiger partial charge is 0.255 e. The van der Waals surface area contributed by atoms with Crippen molar-refractivity contribution in [3.8, 4) is 11.5 Å². The fraction of sp³-hybridized carbons (Fsp3) is 0.500. The topological polar surface area (TPSA) is 84.6 Å². The molecular weight excluding hydrogens is 244 g/mol. The number of nitrogens with one attached hydrogen (secondary N) is 1. The largest absolute Gasteiger partial charge is 0.504 e. The Hall–Kier alpha value is -1.75. The van der Waals surface area contributed by atoms with E-state index in [1.165, 1.54) is 7.11 Å². The van der Waals surface area contributed by atoms with Gasteiger partial charge in [-0.15, -0.1) is 0 Å². The Morgan fingerprint density at radius 1 is 1.53 bits per heavy atom. The van der Waals surface area contributed by atoms with Crippen molar-refractivity contribution < 1.29 is 14.6 Å². The Kier molecular flexibility index (Phi) is 6.15. The number of amides is 1. The van der Waals surface area contributed by atoms with E-state index in [2.05, 4.69) is 12.2 Å². The van der Waals surface area contributed by atoms with Crippen molar-refractivity contribution in [1.29, 1.82) is 0 Å². The minimum Gasteiger partial charge on any atom is -0.504 e. The number of rotatable bonds is 7. The van der Waals surface area contributed by atoms with Crippen LogP contribution in [0.3, 0.4) is 0 Å². The fourth-order valence-electron chi connectivity index (χ4n) is 1.74. The number of ether oxygens (including phenoxy) is 1. The molecule has 0 radical (unpaired) electrons. The molecule has 1 amide bonds. The number of benzene rings is 1. The lowest BCUT2D eigenvalue weighted by molar-refractivity contribution is 0.0949. The van der Waals surface area contributed by atoms with Crippen molar-refractivity contribution in [2.75, 3.05) is 20.2 Å². The van der Waals surface area contributed by atoms with Gasteiger partial charge in [0.15, 0.2) is 11.5 Å². The second-order valence-electron chi connectivity index (χ2n) is 4.60. The van der Waals surface area contributed by atoms with Gasteiger partial charge in [0.2, 0.25) is 0 Å². The van der Waals surface area contributed by atoms with Gasteiger partial charge in [0, 0.05) is 6.54 Å². The maximum Gasteiger partial charge on any atom is 0.255 e. The molecule has 5 nitrogen and oxygen atoms in total. The van der Waals surface area contributed by atoms with E-state index in [0.29, 0.717) is 24.8 Å². The predicted molar refractivity (Wildman–Crippen MR) is 74.4 cm³/mol. The summed E-state index contributed by atoms with van der Waals surface area (Å²) in [4.78, 5) is 11.9. The lowest BCUT2D eigenvalue weighted by Crippen LogP contribution is -2.25. The molecule has 5 heteroatoms. The molecule has 0 aliphatic carbocycles. The molecule has 1 aromatic carbocycles. The summed E-state index contributed by atoms with van der Waals surface area (Å²) < 4.78 is 4.96. The van der Waals surface area contributed by atoms with E-state index in [0.717, 1.165) is 12.8 Å². The summed E-state index contributed by atoms with van der Waals surface area (Å²) in [7, 11) is 1.45. The number of phenols is 1. The first-order chi connectivity index (χ1) is 9.10. The SMILES string of the molecule is COc1cccc(C(=O)NCCCC(C)CN)c1O. The molecule has 0 fully saturated rings. The number of nitrogens with two attached hydrogens (primary N) is 1. The van der Waals surface area contributed by atoms with E-state index in [1.54, 1.807) is 18.2 Å². The molecule has 1 aromatic rings. The molecule has 4 N–H and O–H groups in total. The lowest BCUT2D eigenvalue weighted by atomic mass is 10.1. The van der Waals surface area contributed by atoms with Gasteiger partial charge < -0.3 is 20.9 Å². The first kappa shape index (κ1) is 15.3. The third-order valence-electron chi connectivity index (χ3n) is 3.03. The number of phenolic OH excluding ortho intramolecular Hbond substituents is 1. The minimum absolute atomic E-state index is 0.127. The second kappa shape index (κ2) is 7.63. The van der Waals surface area contributed by atoms with Gasteiger partial charge in [0.1, 0.15) is 0 Å². The van der Waals surface area contributed by atoms with Crippen molar-refractivity contribution in [2.45, 2.75) is 19.8 Å². The molecule has 19 heavy (non-hydrogen) atoms. The molecule has 0 heterocycles. The van der Waals surface area contributed by atoms with Crippen LogP contribution in [0.25, 0.3) is 0 Å². The highest BCUT2D eigenvalue weighted by atomic mass is 16.5. The van der Waals surface area contributed by atoms with E-state index in [4.69, 9.17) is 10.5 Å². The van der Waals surface area contributed by atoms with E-state index in [1.807, 2.05) is 0 Å². The number of carbonyl (C=O) groups excluding carboxylic acids is 1. The van der Waals surface area contributed by atoms with Gasteiger partial charge in [-0.3, -0.25) is 4.79 Å². The van der Waals surface area contributed by atoms with Crippen LogP contribution in [-0.2, 0) is 0 Å². The Balaban J connectivity index is 2.50. The molecule has 1 rings (SSSR count). The summed E-state index contributed by atoms with van der Waals surface area (Å²) in [6.45, 7) is 3.31. The summed E-state index contributed by atoms with van der Waals surface area (Å²) in [5.41, 5.74) is 5.75. The second-order valence-corrected chi connectivity index (χ2v) is 4.60. The van der Waals surface area contributed by atoms with Gasteiger partial charge in [-0.05, 0) is 37.4 Å². The zero-order chi connectivity index (χ0) is 14.3. The van der Waals surface area contributed by atoms with Crippen LogP contribution >= 0.6 is 0 Å². The number of hydrogen-bond donors (Lipinski definition) is 3. The predicted octanol–water partition coefficient (Wildman–Crippen LogP) is 1.51. The van der Waals surface area contributed by atoms with Crippen LogP contribution in [-0.4, -0.2) is 31.2 Å². The third kappa shape index (κ3) is 4.44. The van der Waals surface area contributed by atoms with E-state index >= 15 is 0 Å². The van der Waals surface area contributed by atoms with Crippen molar-refractivity contribution >= 4 is 5.91 Å². The van der Waals surface area contributed by atoms with Crippen molar-refractivity contribution in [3.63, 3.8) is 0 Å². The van der Waals surface area contributed by atoms with Gasteiger partial charge in [0.25, 0.3) is 5.91 Å². The third-order valence-corrected chi connectivity index (χ3v) is 3.03. The zero-order valence-electron chi connectivity index (χ0n) is 11.5. The van der Waals surface area contributed by atoms with Gasteiger partial charge in [-0.1, -0.05) is 13.0 Å². The fourth-order valence-corrected chi connectivity index (χ4v) is 1.74. The highest BCUT2D eigenvalue weighted by molar-refractivity contribution is 5.97. The Morgan fingerprint density at radius 3 is 2.89 bits per heavy atom. The summed E-state index contributed by atoms with van der Waals surface area (Å²) in [6, 6.07) is 4.84. The number of aromatic hydroxyl groups is 1. The number of para-hydroxylation sites is 1. The van der Waals surface area contributed by atoms with Crippen molar-refractivity contribution in [1.82, 2.24) is 5.32 Å². The molecule has 0 bridgehead atoms. The summed E-state index contributed by atoms with van der Waals surface area (Å²) in [5, 5.41) is 12.6. The molecule has 106 valence electrons. The summed E-state index contributed by atoms with van der Waals surface area (Å²) in [6.07, 6.45) is 1.84. The molecule has 0 aliphatic heterocycles. The van der Waals surface area contributed by atoms with Crippen molar-refractivity contribution in [3.05, 3.63) is 23.8 Å². The quantitative estimate of drug-likeness (QED) is 0.653. The lowest BCUT2D eigenvalue weighted by Gasteiger charge is -2.10. The monoisotopic (exact) mass is 266 g/mol. The van der Waals surface area contributed by atoms with Gasteiger partial charge >= 0.3 is 0 Å². The van der Waals surface area contributed by atoms with Crippen LogP contribution in [0.2, 0.25) is 0 Å². The molecule has 1 unspecified atom stereocenters. The summed E-state index contributed by atoms with van der Waals surface area (Å²) >= 11 is 0. The van der Waals surface area contributed by atoms with E-state index in [-0.39, 0.29) is 17.2 Å². The number of hydrogen-bond acceptors (Lipinski definition) is 4. The summed E-state index contributed by atoms with van der Waals surface area (Å²) in [5.74, 6) is 0.334. The van der Waals surface area contributed by atoms with Crippen LogP contribution < -0.4 is 15.8 Å². The molecule has 0 spiro atoms. The van der Waals surface area contributed by atoms with Gasteiger partial charge in [-0.2, -0.15) is 0 Å². The van der Waals surface area contributed by atoms with Crippen molar-refractivity contribution in [2.24, 2.45) is 11.7 Å². The molecule has 0 saturated heterocycles. The highest BCUT2D eigenvalue weighted by Gasteiger charge is 2.14. The molecule has 0 aliphatic rings. The first-order valence-electron chi connectivity index (χ1n) is 6.44. The van der Waals surface area contributed by atoms with Crippen LogP contribution in [0, 0.1) is 5.92 Å². The minimum atomic E-state index is -0.295. The first-order valence-corrected chi connectivity index (χ1v) is 6.44.